The van der Waals surface area contributed by atoms with Crippen LogP contribution < -0.4 is 11.1 Å². The maximum Gasteiger partial charge on any atom is 0.406 e. The Hall–Kier alpha value is -0.980. The zero-order valence-corrected chi connectivity index (χ0v) is 10.00. The monoisotopic (exact) mass is 284 g/mol. The number of halogens is 3. The highest BCUT2D eigenvalue weighted by Crippen LogP contribution is 2.32. The molecule has 1 aromatic heterocycles. The number of alkyl halides is 3. The Kier molecular flexibility index (Phi) is 4.40. The largest absolute Gasteiger partial charge is 0.421 e. The van der Waals surface area contributed by atoms with Gasteiger partial charge in [0, 0.05) is 12.4 Å². The highest BCUT2D eigenvalue weighted by Gasteiger charge is 2.36. The molecule has 88 valence electrons. The molecule has 16 heavy (non-hydrogen) atoms. The van der Waals surface area contributed by atoms with E-state index in [1.165, 1.54) is 12.4 Å². The molecule has 3 N–H and O–H groups in total. The molecule has 0 spiro atoms. The Bertz CT molecular complexity index is 356. The number of nitrogens with zero attached hydrogens (tertiary/aromatic N) is 2. The smallest absolute Gasteiger partial charge is 0.406 e. The summed E-state index contributed by atoms with van der Waals surface area (Å²) in [5, 5.41) is 2.51. The van der Waals surface area contributed by atoms with E-state index in [2.05, 4.69) is 20.0 Å². The fourth-order valence-electron chi connectivity index (χ4n) is 0.785. The minimum absolute atomic E-state index is 0.139. The van der Waals surface area contributed by atoms with Gasteiger partial charge in [-0.3, -0.25) is 0 Å². The maximum absolute atomic E-state index is 10.6. The third-order valence-corrected chi connectivity index (χ3v) is 1.95. The van der Waals surface area contributed by atoms with Crippen molar-refractivity contribution in [1.29, 1.82) is 0 Å². The van der Waals surface area contributed by atoms with Gasteiger partial charge in [0.25, 0.3) is 0 Å². The lowest BCUT2D eigenvalue weighted by molar-refractivity contribution is 0.122. The number of carbonyl (C=O) groups excluding carboxylic acids is 1. The summed E-state index contributed by atoms with van der Waals surface area (Å²) in [6.07, 6.45) is 0.571. The average molecular weight is 286 g/mol. The summed E-state index contributed by atoms with van der Waals surface area (Å²) in [5.41, 5.74) is 4.83. The molecule has 0 saturated heterocycles. The summed E-state index contributed by atoms with van der Waals surface area (Å²) < 4.78 is 2.68. The number of ether oxygens (including phenoxy) is 1. The molecule has 1 heterocycles. The fraction of sp³-hybridized carbons (Fsp3) is 0.286. The zero-order chi connectivity index (χ0) is 12.2. The molecule has 1 unspecified atom stereocenters. The lowest BCUT2D eigenvalue weighted by atomic mass is 10.6. The standard InChI is InChI=1S/C7H7Cl3N4O2/c8-7(9,10)4(16-5(11)15)14-6-12-2-1-3-13-6/h1-4H,(H2,11,15)(H,12,13,14). The van der Waals surface area contributed by atoms with Crippen LogP contribution in [-0.2, 0) is 4.74 Å². The van der Waals surface area contributed by atoms with Crippen LogP contribution in [-0.4, -0.2) is 26.1 Å². The topological polar surface area (TPSA) is 90.1 Å². The Morgan fingerprint density at radius 2 is 2.00 bits per heavy atom. The third kappa shape index (κ3) is 4.26. The predicted molar refractivity (Wildman–Crippen MR) is 60.4 cm³/mol. The number of hydrogen-bond donors (Lipinski definition) is 2. The summed E-state index contributed by atoms with van der Waals surface area (Å²) in [6.45, 7) is 0. The first-order chi connectivity index (χ1) is 7.39. The lowest BCUT2D eigenvalue weighted by Gasteiger charge is -2.23. The number of amides is 1. The van der Waals surface area contributed by atoms with Crippen molar-refractivity contribution in [3.63, 3.8) is 0 Å². The lowest BCUT2D eigenvalue weighted by Crippen LogP contribution is -2.40. The van der Waals surface area contributed by atoms with Crippen molar-refractivity contribution < 1.29 is 9.53 Å². The van der Waals surface area contributed by atoms with Gasteiger partial charge in [-0.25, -0.2) is 14.8 Å². The molecule has 1 atom stereocenters. The molecule has 0 radical (unpaired) electrons. The molecule has 1 amide bonds. The van der Waals surface area contributed by atoms with E-state index < -0.39 is 16.1 Å². The Balaban J connectivity index is 2.75. The van der Waals surface area contributed by atoms with Crippen molar-refractivity contribution >= 4 is 46.8 Å². The van der Waals surface area contributed by atoms with Crippen LogP contribution in [0.25, 0.3) is 0 Å². The summed E-state index contributed by atoms with van der Waals surface area (Å²) in [7, 11) is 0. The molecule has 1 rings (SSSR count). The van der Waals surface area contributed by atoms with Gasteiger partial charge in [0.15, 0.2) is 0 Å². The van der Waals surface area contributed by atoms with E-state index in [9.17, 15) is 4.79 Å². The van der Waals surface area contributed by atoms with Gasteiger partial charge in [-0.2, -0.15) is 0 Å². The second-order valence-corrected chi connectivity index (χ2v) is 4.94. The molecule has 0 aromatic carbocycles. The molecule has 0 aliphatic carbocycles. The highest BCUT2D eigenvalue weighted by molar-refractivity contribution is 6.68. The quantitative estimate of drug-likeness (QED) is 0.651. The van der Waals surface area contributed by atoms with Crippen molar-refractivity contribution in [1.82, 2.24) is 9.97 Å². The molecule has 0 saturated carbocycles. The van der Waals surface area contributed by atoms with Gasteiger partial charge >= 0.3 is 6.09 Å². The first-order valence-electron chi connectivity index (χ1n) is 3.96. The van der Waals surface area contributed by atoms with E-state index in [4.69, 9.17) is 40.5 Å². The molecule has 0 aliphatic rings. The van der Waals surface area contributed by atoms with Crippen LogP contribution in [0, 0.1) is 0 Å². The van der Waals surface area contributed by atoms with Crippen molar-refractivity contribution in [3.8, 4) is 0 Å². The van der Waals surface area contributed by atoms with Crippen LogP contribution >= 0.6 is 34.8 Å². The van der Waals surface area contributed by atoms with E-state index >= 15 is 0 Å². The SMILES string of the molecule is NC(=O)OC(Nc1ncccn1)C(Cl)(Cl)Cl. The highest BCUT2D eigenvalue weighted by atomic mass is 35.6. The third-order valence-electron chi connectivity index (χ3n) is 1.36. The van der Waals surface area contributed by atoms with Gasteiger partial charge in [-0.15, -0.1) is 0 Å². The van der Waals surface area contributed by atoms with Gasteiger partial charge in [0.2, 0.25) is 16.0 Å². The molecular formula is C7H7Cl3N4O2. The fourth-order valence-corrected chi connectivity index (χ4v) is 1.08. The van der Waals surface area contributed by atoms with Gasteiger partial charge in [0.1, 0.15) is 0 Å². The second-order valence-electron chi connectivity index (χ2n) is 2.58. The predicted octanol–water partition coefficient (Wildman–Crippen LogP) is 1.68. The Morgan fingerprint density at radius 1 is 1.44 bits per heavy atom. The second kappa shape index (κ2) is 5.38. The van der Waals surface area contributed by atoms with E-state index in [-0.39, 0.29) is 5.95 Å². The van der Waals surface area contributed by atoms with Gasteiger partial charge in [-0.1, -0.05) is 34.8 Å². The van der Waals surface area contributed by atoms with Crippen molar-refractivity contribution in [2.24, 2.45) is 5.73 Å². The maximum atomic E-state index is 10.6. The van der Waals surface area contributed by atoms with Crippen LogP contribution in [0.5, 0.6) is 0 Å². The summed E-state index contributed by atoms with van der Waals surface area (Å²) in [5.74, 6) is 0.139. The number of aromatic nitrogens is 2. The number of nitrogens with two attached hydrogens (primary N) is 1. The number of anilines is 1. The molecular weight excluding hydrogens is 278 g/mol. The number of hydrogen-bond acceptors (Lipinski definition) is 5. The molecule has 1 aromatic rings. The minimum atomic E-state index is -1.89. The van der Waals surface area contributed by atoms with Crippen LogP contribution in [0.2, 0.25) is 0 Å². The minimum Gasteiger partial charge on any atom is -0.421 e. The zero-order valence-electron chi connectivity index (χ0n) is 7.73. The number of carbonyl (C=O) groups is 1. The number of primary amides is 1. The molecule has 6 nitrogen and oxygen atoms in total. The van der Waals surface area contributed by atoms with E-state index in [1.807, 2.05) is 0 Å². The Morgan fingerprint density at radius 3 is 2.44 bits per heavy atom. The van der Waals surface area contributed by atoms with Crippen LogP contribution in [0.3, 0.4) is 0 Å². The normalized spacial score (nSPS) is 12.9. The van der Waals surface area contributed by atoms with Crippen LogP contribution in [0.15, 0.2) is 18.5 Å². The number of nitrogens with one attached hydrogen (secondary N) is 1. The van der Waals surface area contributed by atoms with Gasteiger partial charge in [-0.05, 0) is 6.07 Å². The summed E-state index contributed by atoms with van der Waals surface area (Å²) >= 11 is 16.7. The van der Waals surface area contributed by atoms with Gasteiger partial charge < -0.3 is 15.8 Å². The van der Waals surface area contributed by atoms with Gasteiger partial charge in [0.05, 0.1) is 0 Å². The molecule has 9 heteroatoms. The first kappa shape index (κ1) is 13.1. The van der Waals surface area contributed by atoms with Crippen LogP contribution in [0.4, 0.5) is 10.7 Å². The van der Waals surface area contributed by atoms with Crippen molar-refractivity contribution in [2.45, 2.75) is 10.0 Å². The summed E-state index contributed by atoms with van der Waals surface area (Å²) in [6, 6.07) is 1.60. The average Bonchev–Trinajstić information content (AvgIpc) is 2.16. The Labute approximate surface area is 106 Å². The number of rotatable bonds is 3. The van der Waals surface area contributed by atoms with Crippen LogP contribution in [0.1, 0.15) is 0 Å². The van der Waals surface area contributed by atoms with E-state index in [1.54, 1.807) is 6.07 Å². The molecule has 0 aliphatic heterocycles. The van der Waals surface area contributed by atoms with E-state index in [0.29, 0.717) is 0 Å². The first-order valence-corrected chi connectivity index (χ1v) is 5.09. The molecule has 0 fully saturated rings. The van der Waals surface area contributed by atoms with Crippen molar-refractivity contribution in [3.05, 3.63) is 18.5 Å². The van der Waals surface area contributed by atoms with Crippen molar-refractivity contribution in [2.75, 3.05) is 5.32 Å². The van der Waals surface area contributed by atoms with E-state index in [0.717, 1.165) is 0 Å². The molecule has 0 bridgehead atoms. The summed E-state index contributed by atoms with van der Waals surface area (Å²) in [4.78, 5) is 18.2.